The molecule has 3 nitrogen and oxygen atoms in total. The summed E-state index contributed by atoms with van der Waals surface area (Å²) in [6.07, 6.45) is -5.53. The van der Waals surface area contributed by atoms with Gasteiger partial charge in [0, 0.05) is 16.7 Å². The van der Waals surface area contributed by atoms with Crippen molar-refractivity contribution >= 4 is 17.3 Å². The highest BCUT2D eigenvalue weighted by Gasteiger charge is 2.97. The van der Waals surface area contributed by atoms with Gasteiger partial charge in [-0.25, -0.2) is 0 Å². The molecule has 48 heteroatoms. The molecule has 0 aliphatic heterocycles. The van der Waals surface area contributed by atoms with Crippen molar-refractivity contribution in [3.05, 3.63) is 106 Å². The third-order valence-corrected chi connectivity index (χ3v) is 21.4. The van der Waals surface area contributed by atoms with Crippen LogP contribution in [0.1, 0.15) is 184 Å². The van der Waals surface area contributed by atoms with Gasteiger partial charge in [0.2, 0.25) is 17.3 Å². The van der Waals surface area contributed by atoms with Gasteiger partial charge < -0.3 is 0 Å². The van der Waals surface area contributed by atoms with Crippen LogP contribution in [0.2, 0.25) is 0 Å². The lowest BCUT2D eigenvalue weighted by molar-refractivity contribution is -0.449. The Bertz CT molecular complexity index is 3850. The van der Waals surface area contributed by atoms with Crippen LogP contribution in [-0.2, 0) is 19.3 Å². The number of halogens is 45. The quantitative estimate of drug-likeness (QED) is 0.0451. The summed E-state index contributed by atoms with van der Waals surface area (Å²) in [6.45, 7) is 6.20. The summed E-state index contributed by atoms with van der Waals surface area (Å²) in [5.41, 5.74) is -3.26. The molecular weight excluding hydrogens is 1770 g/mol. The second kappa shape index (κ2) is 35.9. The predicted molar refractivity (Wildman–Crippen MR) is 332 cm³/mol. The Morgan fingerprint density at radius 1 is 0.233 bits per heavy atom. The third-order valence-electron chi connectivity index (χ3n) is 21.4. The van der Waals surface area contributed by atoms with E-state index in [-0.39, 0.29) is 0 Å². The molecule has 0 N–H and O–H groups in total. The first kappa shape index (κ1) is 106. The van der Waals surface area contributed by atoms with Crippen LogP contribution in [-0.4, -0.2) is 142 Å². The molecule has 3 saturated carbocycles. The third kappa shape index (κ3) is 19.3. The van der Waals surface area contributed by atoms with E-state index in [2.05, 4.69) is 20.8 Å². The van der Waals surface area contributed by atoms with Crippen molar-refractivity contribution in [3.8, 4) is 0 Å². The molecule has 3 aliphatic rings. The van der Waals surface area contributed by atoms with Gasteiger partial charge in [-0.3, -0.25) is 14.4 Å². The van der Waals surface area contributed by atoms with Crippen molar-refractivity contribution in [1.82, 2.24) is 0 Å². The number of carbonyl (C=O) groups excluding carboxylic acids is 3. The van der Waals surface area contributed by atoms with Crippen molar-refractivity contribution in [2.24, 2.45) is 35.5 Å². The van der Waals surface area contributed by atoms with Gasteiger partial charge in [0.05, 0.1) is 0 Å². The Balaban J connectivity index is 0.000000378. The summed E-state index contributed by atoms with van der Waals surface area (Å²) in [4.78, 5) is 35.8. The van der Waals surface area contributed by atoms with Gasteiger partial charge >= 0.3 is 125 Å². The summed E-state index contributed by atoms with van der Waals surface area (Å²) >= 11 is 0. The molecule has 0 heterocycles. The van der Waals surface area contributed by atoms with Crippen LogP contribution in [0, 0.1) is 35.5 Å². The lowest BCUT2D eigenvalue weighted by Gasteiger charge is -2.41. The number of Topliss-reactive ketones (excluding diaryl/α,β-unsaturated/α-hetero) is 3. The summed E-state index contributed by atoms with van der Waals surface area (Å²) in [6, 6.07) is 8.43. The van der Waals surface area contributed by atoms with Gasteiger partial charge in [-0.2, -0.15) is 198 Å². The molecule has 0 unspecified atom stereocenters. The second-order valence-electron chi connectivity index (χ2n) is 29.6. The van der Waals surface area contributed by atoms with E-state index >= 15 is 0 Å². The average Bonchev–Trinajstić information content (AvgIpc) is 0.707. The van der Waals surface area contributed by atoms with E-state index in [4.69, 9.17) is 0 Å². The summed E-state index contributed by atoms with van der Waals surface area (Å²) in [7, 11) is 0. The van der Waals surface area contributed by atoms with Crippen molar-refractivity contribution < 1.29 is 212 Å². The van der Waals surface area contributed by atoms with Crippen molar-refractivity contribution in [3.63, 3.8) is 0 Å². The number of benzene rings is 3. The molecule has 690 valence electrons. The Morgan fingerprint density at radius 3 is 0.583 bits per heavy atom. The molecule has 3 aromatic carbocycles. The smallest absolute Gasteiger partial charge is 0.287 e. The molecule has 0 radical (unpaired) electrons. The van der Waals surface area contributed by atoms with Crippen LogP contribution in [0.15, 0.2) is 72.8 Å². The molecule has 120 heavy (non-hydrogen) atoms. The van der Waals surface area contributed by atoms with Crippen LogP contribution in [0.3, 0.4) is 0 Å². The first-order chi connectivity index (χ1) is 53.7. The highest BCUT2D eigenvalue weighted by molar-refractivity contribution is 6.03. The zero-order chi connectivity index (χ0) is 93.5. The van der Waals surface area contributed by atoms with Crippen molar-refractivity contribution in [1.29, 1.82) is 0 Å². The summed E-state index contributed by atoms with van der Waals surface area (Å²) in [5, 5.41) is 0. The maximum absolute atomic E-state index is 14.2. The SMILES string of the molecule is CCC1CCC(CCc2ccc(C(=O)C(F)(F)C(F)(F)C(F)(F)C(F)(F)C(F)(F)C(F)(F)C(F)(F)F)cc2)CC1.CCCC1CCC(CCc2ccc(C(=O)C(F)(F)C(F)(F)C(F)(F)C(F)(F)C(F)(F)C(F)(F)C(F)(F)F)cc2)CC1.C[C@H]1CC[C@H](CCc2ccc(C(=O)C(F)(F)C(F)(F)C(F)(F)C(F)(F)C(F)(F)C(F)(F)C(F)(F)F)cc2)CC1. The van der Waals surface area contributed by atoms with Crippen LogP contribution >= 0.6 is 0 Å². The fraction of sp³-hybridized carbons (Fsp3) is 0.708. The minimum Gasteiger partial charge on any atom is -0.287 e. The van der Waals surface area contributed by atoms with E-state index in [9.17, 15) is 212 Å². The van der Waals surface area contributed by atoms with E-state index in [1.807, 2.05) is 0 Å². The van der Waals surface area contributed by atoms with Gasteiger partial charge in [-0.1, -0.05) is 190 Å². The van der Waals surface area contributed by atoms with Gasteiger partial charge in [-0.15, -0.1) is 0 Å². The normalized spacial score (nSPS) is 20.5. The first-order valence-corrected chi connectivity index (χ1v) is 35.6. The van der Waals surface area contributed by atoms with Crippen LogP contribution in [0.4, 0.5) is 198 Å². The molecule has 3 fully saturated rings. The molecule has 3 aliphatic carbocycles. The van der Waals surface area contributed by atoms with Crippen LogP contribution in [0.25, 0.3) is 0 Å². The molecule has 3 aromatic rings. The van der Waals surface area contributed by atoms with Crippen molar-refractivity contribution in [2.75, 3.05) is 0 Å². The number of rotatable bonds is 33. The van der Waals surface area contributed by atoms with E-state index in [1.54, 1.807) is 0 Å². The minimum absolute atomic E-state index is 0.317. The monoisotopic (exact) mass is 1840 g/mol. The standard InChI is InChI=1S/C25H25F15O.C24H23F15O.C23H21F15O/c1-2-3-14-4-6-15(7-5-14)8-9-16-10-12-17(13-11-16)18(41)19(26,27)20(28,29)21(30,31)22(32,33)23(34,35)24(36,37)25(38,39)40;1-2-13-3-5-14(6-4-13)7-8-15-9-11-16(12-10-15)17(40)18(25,26)19(27,28)20(29,30)21(31,32)22(33,34)23(35,36)24(37,38)39;1-12-2-4-13(5-3-12)6-7-14-8-10-15(11-9-14)16(39)17(24,25)18(26,27)19(28,29)20(30,31)21(32,33)22(34,35)23(36,37)38/h10-15H,2-9H2,1H3;9-14H,2-8H2,1H3;8-13H,2-7H2,1H3/t;;12-,13-. The lowest BCUT2D eigenvalue weighted by atomic mass is 9.78. The fourth-order valence-electron chi connectivity index (χ4n) is 13.2. The average molecular weight is 1840 g/mol. The number of hydrogen-bond acceptors (Lipinski definition) is 3. The van der Waals surface area contributed by atoms with Gasteiger partial charge in [0.25, 0.3) is 0 Å². The maximum Gasteiger partial charge on any atom is 0.460 e. The van der Waals surface area contributed by atoms with Crippen LogP contribution in [0.5, 0.6) is 0 Å². The number of aryl methyl sites for hydroxylation is 3. The zero-order valence-electron chi connectivity index (χ0n) is 61.5. The maximum atomic E-state index is 14.2. The zero-order valence-corrected chi connectivity index (χ0v) is 61.5. The topological polar surface area (TPSA) is 51.2 Å². The molecule has 0 aromatic heterocycles. The molecule has 0 atom stereocenters. The minimum atomic E-state index is -8.42. The van der Waals surface area contributed by atoms with Crippen LogP contribution < -0.4 is 0 Å². The number of hydrogen-bond donors (Lipinski definition) is 0. The van der Waals surface area contributed by atoms with E-state index in [1.165, 1.54) is 0 Å². The van der Waals surface area contributed by atoms with Crippen molar-refractivity contribution in [2.45, 2.75) is 281 Å². The Hall–Kier alpha value is -6.48. The highest BCUT2D eigenvalue weighted by Crippen LogP contribution is 2.67. The number of carbonyl (C=O) groups is 3. The molecule has 0 spiro atoms. The predicted octanol–water partition coefficient (Wildman–Crippen LogP) is 28.2. The van der Waals surface area contributed by atoms with E-state index < -0.39 is 159 Å². The van der Waals surface area contributed by atoms with E-state index in [0.717, 1.165) is 133 Å². The number of alkyl halides is 45. The molecule has 0 amide bonds. The Morgan fingerprint density at radius 2 is 0.400 bits per heavy atom. The molecule has 0 bridgehead atoms. The second-order valence-corrected chi connectivity index (χ2v) is 29.6. The lowest BCUT2D eigenvalue weighted by Crippen LogP contribution is -2.73. The fourth-order valence-corrected chi connectivity index (χ4v) is 13.2. The molecular formula is C72H69F45O3. The van der Waals surface area contributed by atoms with Gasteiger partial charge in [0.15, 0.2) is 0 Å². The summed E-state index contributed by atoms with van der Waals surface area (Å²) in [5.74, 6) is -151. The summed E-state index contributed by atoms with van der Waals surface area (Å²) < 4.78 is 601. The largest absolute Gasteiger partial charge is 0.460 e. The number of ketones is 3. The highest BCUT2D eigenvalue weighted by atomic mass is 19.5. The molecule has 0 saturated heterocycles. The van der Waals surface area contributed by atoms with Gasteiger partial charge in [0.1, 0.15) is 0 Å². The molecule has 6 rings (SSSR count). The van der Waals surface area contributed by atoms with E-state index in [0.29, 0.717) is 127 Å². The first-order valence-electron chi connectivity index (χ1n) is 35.6. The Kier molecular flexibility index (Phi) is 31.6. The van der Waals surface area contributed by atoms with Gasteiger partial charge in [-0.05, 0) is 90.7 Å². The Labute approximate surface area is 650 Å².